The molecule has 0 aromatic heterocycles. The van der Waals surface area contributed by atoms with Gasteiger partial charge in [-0.3, -0.25) is 0 Å². The molecule has 2 heterocycles. The van der Waals surface area contributed by atoms with E-state index in [2.05, 4.69) is 4.90 Å². The monoisotopic (exact) mass is 370 g/mol. The van der Waals surface area contributed by atoms with Crippen molar-refractivity contribution < 1.29 is 28.2 Å². The molecule has 1 aromatic carbocycles. The van der Waals surface area contributed by atoms with Crippen LogP contribution in [0, 0.1) is 0 Å². The molecule has 2 saturated heterocycles. The summed E-state index contributed by atoms with van der Waals surface area (Å²) in [5.74, 6) is -1.83. The van der Waals surface area contributed by atoms with Gasteiger partial charge in [0.05, 0.1) is 17.1 Å². The van der Waals surface area contributed by atoms with E-state index in [1.165, 1.54) is 10.4 Å². The molecule has 8 nitrogen and oxygen atoms in total. The van der Waals surface area contributed by atoms with Gasteiger partial charge in [-0.1, -0.05) is 0 Å². The fourth-order valence-electron chi connectivity index (χ4n) is 3.47. The molecule has 0 bridgehead atoms. The van der Waals surface area contributed by atoms with Crippen LogP contribution in [0.3, 0.4) is 0 Å². The third-order valence-electron chi connectivity index (χ3n) is 4.91. The number of hydrogen-bond donors (Lipinski definition) is 2. The normalized spacial score (nSPS) is 22.1. The van der Waals surface area contributed by atoms with E-state index in [4.69, 9.17) is 9.84 Å². The summed E-state index contributed by atoms with van der Waals surface area (Å²) in [6, 6.07) is 3.33. The summed E-state index contributed by atoms with van der Waals surface area (Å²) < 4.78 is 32.9. The number of carboxylic acids is 1. The van der Waals surface area contributed by atoms with Crippen molar-refractivity contribution in [2.45, 2.75) is 23.3 Å². The van der Waals surface area contributed by atoms with Crippen LogP contribution in [0.15, 0.2) is 23.1 Å². The number of likely N-dealkylation sites (N-methyl/N-ethyl adjacent to an activating group) is 1. The summed E-state index contributed by atoms with van der Waals surface area (Å²) in [4.78, 5) is 13.2. The van der Waals surface area contributed by atoms with Gasteiger partial charge < -0.3 is 19.8 Å². The van der Waals surface area contributed by atoms with Gasteiger partial charge >= 0.3 is 5.97 Å². The van der Waals surface area contributed by atoms with E-state index in [-0.39, 0.29) is 10.5 Å². The minimum Gasteiger partial charge on any atom is -0.507 e. The summed E-state index contributed by atoms with van der Waals surface area (Å²) >= 11 is 0. The van der Waals surface area contributed by atoms with E-state index in [9.17, 15) is 18.3 Å². The van der Waals surface area contributed by atoms with Crippen LogP contribution in [0.2, 0.25) is 0 Å². The molecule has 0 unspecified atom stereocenters. The third kappa shape index (κ3) is 3.50. The molecule has 25 heavy (non-hydrogen) atoms. The van der Waals surface area contributed by atoms with Gasteiger partial charge in [-0.25, -0.2) is 13.2 Å². The highest BCUT2D eigenvalue weighted by Gasteiger charge is 2.41. The molecule has 0 radical (unpaired) electrons. The number of carboxylic acid groups (broad SMARTS) is 1. The second-order valence-electron chi connectivity index (χ2n) is 6.66. The predicted molar refractivity (Wildman–Crippen MR) is 89.2 cm³/mol. The number of carbonyl (C=O) groups is 1. The number of morpholine rings is 1. The summed E-state index contributed by atoms with van der Waals surface area (Å²) in [6.45, 7) is 2.93. The molecule has 1 aromatic rings. The summed E-state index contributed by atoms with van der Waals surface area (Å²) in [6.07, 6.45) is 1.20. The third-order valence-corrected chi connectivity index (χ3v) is 6.80. The number of benzene rings is 1. The maximum absolute atomic E-state index is 12.8. The highest BCUT2D eigenvalue weighted by atomic mass is 32.2. The molecule has 0 saturated carbocycles. The molecule has 2 aliphatic rings. The average Bonchev–Trinajstić information content (AvgIpc) is 2.55. The number of sulfonamides is 1. The highest BCUT2D eigenvalue weighted by Crippen LogP contribution is 2.32. The second-order valence-corrected chi connectivity index (χ2v) is 8.60. The highest BCUT2D eigenvalue weighted by molar-refractivity contribution is 7.89. The lowest BCUT2D eigenvalue weighted by atomic mass is 9.90. The molecule has 2 aliphatic heterocycles. The van der Waals surface area contributed by atoms with Crippen molar-refractivity contribution in [3.8, 4) is 5.75 Å². The SMILES string of the molecule is CN1CCOC2(CCN(S(=O)(=O)c3ccc(O)c(C(=O)O)c3)CC2)C1. The van der Waals surface area contributed by atoms with Gasteiger partial charge in [-0.15, -0.1) is 0 Å². The quantitative estimate of drug-likeness (QED) is 0.801. The standard InChI is InChI=1S/C16H22N2O6S/c1-17-8-9-24-16(11-17)4-6-18(7-5-16)25(22,23)12-2-3-14(19)13(10-12)15(20)21/h2-3,10,19H,4-9,11H2,1H3,(H,20,21). The van der Waals surface area contributed by atoms with Crippen molar-refractivity contribution in [3.63, 3.8) is 0 Å². The van der Waals surface area contributed by atoms with Crippen molar-refractivity contribution in [2.75, 3.05) is 39.8 Å². The molecule has 0 atom stereocenters. The van der Waals surface area contributed by atoms with Crippen molar-refractivity contribution in [2.24, 2.45) is 0 Å². The number of nitrogens with zero attached hydrogens (tertiary/aromatic N) is 2. The van der Waals surface area contributed by atoms with Crippen LogP contribution in [0.1, 0.15) is 23.2 Å². The van der Waals surface area contributed by atoms with Crippen molar-refractivity contribution >= 4 is 16.0 Å². The predicted octanol–water partition coefficient (Wildman–Crippen LogP) is 0.576. The minimum absolute atomic E-state index is 0.125. The number of rotatable bonds is 3. The van der Waals surface area contributed by atoms with Crippen LogP contribution in [0.25, 0.3) is 0 Å². The van der Waals surface area contributed by atoms with E-state index in [0.29, 0.717) is 32.5 Å². The number of aromatic hydroxyl groups is 1. The van der Waals surface area contributed by atoms with Crippen molar-refractivity contribution in [1.82, 2.24) is 9.21 Å². The first-order valence-electron chi connectivity index (χ1n) is 8.12. The molecule has 0 aliphatic carbocycles. The molecule has 3 rings (SSSR count). The van der Waals surface area contributed by atoms with Crippen molar-refractivity contribution in [3.05, 3.63) is 23.8 Å². The summed E-state index contributed by atoms with van der Waals surface area (Å²) in [5.41, 5.74) is -0.730. The maximum atomic E-state index is 12.8. The Hall–Kier alpha value is -1.68. The van der Waals surface area contributed by atoms with Gasteiger partial charge in [0.15, 0.2) is 0 Å². The van der Waals surface area contributed by atoms with E-state index < -0.39 is 27.3 Å². The fraction of sp³-hybridized carbons (Fsp3) is 0.562. The van der Waals surface area contributed by atoms with Gasteiger partial charge in [0.1, 0.15) is 11.3 Å². The fourth-order valence-corrected chi connectivity index (χ4v) is 4.94. The summed E-state index contributed by atoms with van der Waals surface area (Å²) in [5, 5.41) is 18.6. The first kappa shape index (κ1) is 18.1. The van der Waals surface area contributed by atoms with Crippen LogP contribution < -0.4 is 0 Å². The average molecular weight is 370 g/mol. The number of ether oxygens (including phenoxy) is 1. The largest absolute Gasteiger partial charge is 0.507 e. The van der Waals surface area contributed by atoms with E-state index in [1.807, 2.05) is 7.05 Å². The molecule has 1 spiro atoms. The van der Waals surface area contributed by atoms with Gasteiger partial charge in [0.2, 0.25) is 10.0 Å². The first-order valence-corrected chi connectivity index (χ1v) is 9.57. The zero-order chi connectivity index (χ0) is 18.2. The molecule has 0 amide bonds. The Kier molecular flexibility index (Phi) is 4.76. The number of hydrogen-bond acceptors (Lipinski definition) is 6. The number of aromatic carboxylic acids is 1. The molecular formula is C16H22N2O6S. The molecule has 2 fully saturated rings. The van der Waals surface area contributed by atoms with Gasteiger partial charge in [-0.05, 0) is 38.1 Å². The van der Waals surface area contributed by atoms with Gasteiger partial charge in [0, 0.05) is 26.2 Å². The number of piperidine rings is 1. The van der Waals surface area contributed by atoms with Crippen LogP contribution in [-0.4, -0.2) is 79.2 Å². The lowest BCUT2D eigenvalue weighted by Gasteiger charge is -2.46. The zero-order valence-corrected chi connectivity index (χ0v) is 14.8. The first-order chi connectivity index (χ1) is 11.7. The van der Waals surface area contributed by atoms with E-state index in [1.54, 1.807) is 0 Å². The Morgan fingerprint density at radius 1 is 1.24 bits per heavy atom. The lowest BCUT2D eigenvalue weighted by Crippen LogP contribution is -2.56. The maximum Gasteiger partial charge on any atom is 0.339 e. The molecule has 2 N–H and O–H groups in total. The Balaban J connectivity index is 1.78. The van der Waals surface area contributed by atoms with E-state index >= 15 is 0 Å². The minimum atomic E-state index is -3.81. The molecule has 138 valence electrons. The molecule has 9 heteroatoms. The Morgan fingerprint density at radius 2 is 1.92 bits per heavy atom. The Bertz CT molecular complexity index is 771. The van der Waals surface area contributed by atoms with Crippen LogP contribution in [-0.2, 0) is 14.8 Å². The smallest absolute Gasteiger partial charge is 0.339 e. The van der Waals surface area contributed by atoms with Crippen LogP contribution in [0.4, 0.5) is 0 Å². The topological polar surface area (TPSA) is 107 Å². The Morgan fingerprint density at radius 3 is 2.52 bits per heavy atom. The Labute approximate surface area is 146 Å². The molecular weight excluding hydrogens is 348 g/mol. The van der Waals surface area contributed by atoms with Gasteiger partial charge in [-0.2, -0.15) is 4.31 Å². The van der Waals surface area contributed by atoms with Gasteiger partial charge in [0.25, 0.3) is 0 Å². The second kappa shape index (κ2) is 6.56. The van der Waals surface area contributed by atoms with Crippen LogP contribution >= 0.6 is 0 Å². The summed E-state index contributed by atoms with van der Waals surface area (Å²) in [7, 11) is -1.79. The van der Waals surface area contributed by atoms with E-state index in [0.717, 1.165) is 25.2 Å². The van der Waals surface area contributed by atoms with Crippen LogP contribution in [0.5, 0.6) is 5.75 Å². The number of phenols is 1. The zero-order valence-electron chi connectivity index (χ0n) is 14.0. The van der Waals surface area contributed by atoms with Crippen molar-refractivity contribution in [1.29, 1.82) is 0 Å². The lowest BCUT2D eigenvalue weighted by molar-refractivity contribution is -0.124.